The number of carbonyl (C=O) groups is 1. The van der Waals surface area contributed by atoms with Gasteiger partial charge >= 0.3 is 0 Å². The fourth-order valence-corrected chi connectivity index (χ4v) is 3.30. The van der Waals surface area contributed by atoms with Crippen LogP contribution in [0.4, 0.5) is 0 Å². The molecule has 1 aromatic heterocycles. The molecule has 24 heavy (non-hydrogen) atoms. The van der Waals surface area contributed by atoms with Crippen LogP contribution in [0.5, 0.6) is 0 Å². The molecular formula is C19H20N4O. The van der Waals surface area contributed by atoms with Gasteiger partial charge in [0.25, 0.3) is 5.91 Å². The number of nitrogens with one attached hydrogen (secondary N) is 2. The summed E-state index contributed by atoms with van der Waals surface area (Å²) >= 11 is 0. The molecule has 0 bridgehead atoms. The summed E-state index contributed by atoms with van der Waals surface area (Å²) in [6.07, 6.45) is 0. The summed E-state index contributed by atoms with van der Waals surface area (Å²) in [7, 11) is 0. The number of hydrogen-bond donors (Lipinski definition) is 2. The molecule has 5 nitrogen and oxygen atoms in total. The zero-order valence-electron chi connectivity index (χ0n) is 13.7. The molecule has 0 aliphatic carbocycles. The Morgan fingerprint density at radius 2 is 2.04 bits per heavy atom. The molecule has 4 rings (SSSR count). The Balaban J connectivity index is 1.43. The first kappa shape index (κ1) is 14.9. The molecule has 1 aliphatic heterocycles. The number of imidazole rings is 1. The fourth-order valence-electron chi connectivity index (χ4n) is 3.30. The van der Waals surface area contributed by atoms with Gasteiger partial charge in [0.2, 0.25) is 0 Å². The molecule has 2 heterocycles. The van der Waals surface area contributed by atoms with Crippen molar-refractivity contribution in [1.29, 1.82) is 0 Å². The maximum Gasteiger partial charge on any atom is 0.251 e. The molecule has 0 radical (unpaired) electrons. The van der Waals surface area contributed by atoms with Crippen molar-refractivity contribution >= 4 is 16.9 Å². The van der Waals surface area contributed by atoms with Crippen LogP contribution in [0, 0.1) is 6.92 Å². The van der Waals surface area contributed by atoms with E-state index in [0.717, 1.165) is 35.5 Å². The van der Waals surface area contributed by atoms with E-state index in [2.05, 4.69) is 26.3 Å². The molecule has 0 saturated carbocycles. The summed E-state index contributed by atoms with van der Waals surface area (Å²) in [4.78, 5) is 16.9. The summed E-state index contributed by atoms with van der Waals surface area (Å²) in [6.45, 7) is 5.02. The Bertz CT molecular complexity index is 913. The van der Waals surface area contributed by atoms with Gasteiger partial charge in [0.1, 0.15) is 5.82 Å². The largest absolute Gasteiger partial charge is 0.350 e. The Morgan fingerprint density at radius 3 is 2.96 bits per heavy atom. The third-order valence-corrected chi connectivity index (χ3v) is 4.57. The molecule has 0 saturated heterocycles. The second-order valence-electron chi connectivity index (χ2n) is 6.14. The number of amides is 1. The summed E-state index contributed by atoms with van der Waals surface area (Å²) in [5, 5.41) is 6.31. The predicted octanol–water partition coefficient (Wildman–Crippen LogP) is 2.38. The van der Waals surface area contributed by atoms with E-state index >= 15 is 0 Å². The van der Waals surface area contributed by atoms with Crippen molar-refractivity contribution in [3.8, 4) is 0 Å². The Kier molecular flexibility index (Phi) is 3.78. The number of rotatable bonds is 4. The molecule has 1 amide bonds. The maximum absolute atomic E-state index is 12.4. The van der Waals surface area contributed by atoms with Crippen molar-refractivity contribution in [1.82, 2.24) is 20.2 Å². The van der Waals surface area contributed by atoms with Crippen LogP contribution in [-0.2, 0) is 19.6 Å². The Hall–Kier alpha value is -2.66. The maximum atomic E-state index is 12.4. The minimum Gasteiger partial charge on any atom is -0.350 e. The van der Waals surface area contributed by atoms with Gasteiger partial charge in [0.15, 0.2) is 0 Å². The highest BCUT2D eigenvalue weighted by Crippen LogP contribution is 2.17. The number of carbonyl (C=O) groups excluding carboxylic acids is 1. The first-order chi connectivity index (χ1) is 11.7. The lowest BCUT2D eigenvalue weighted by Gasteiger charge is -2.09. The molecule has 0 atom stereocenters. The van der Waals surface area contributed by atoms with E-state index in [4.69, 9.17) is 0 Å². The van der Waals surface area contributed by atoms with Crippen LogP contribution >= 0.6 is 0 Å². The highest BCUT2D eigenvalue weighted by Gasteiger charge is 2.13. The van der Waals surface area contributed by atoms with Gasteiger partial charge in [-0.25, -0.2) is 4.98 Å². The first-order valence-corrected chi connectivity index (χ1v) is 8.25. The summed E-state index contributed by atoms with van der Waals surface area (Å²) in [5.41, 5.74) is 5.33. The number of aryl methyl sites for hydroxylation is 1. The van der Waals surface area contributed by atoms with Crippen LogP contribution in [0.1, 0.15) is 27.3 Å². The van der Waals surface area contributed by atoms with Gasteiger partial charge in [0.05, 0.1) is 11.0 Å². The zero-order valence-corrected chi connectivity index (χ0v) is 13.7. The number of hydrogen-bond acceptors (Lipinski definition) is 3. The number of fused-ring (bicyclic) bond motifs is 2. The van der Waals surface area contributed by atoms with Crippen molar-refractivity contribution in [3.05, 3.63) is 65.0 Å². The van der Waals surface area contributed by atoms with E-state index in [1.165, 1.54) is 11.1 Å². The summed E-state index contributed by atoms with van der Waals surface area (Å²) in [6, 6.07) is 14.0. The molecule has 0 unspecified atom stereocenters. The van der Waals surface area contributed by atoms with E-state index < -0.39 is 0 Å². The third-order valence-electron chi connectivity index (χ3n) is 4.57. The predicted molar refractivity (Wildman–Crippen MR) is 93.8 cm³/mol. The van der Waals surface area contributed by atoms with Gasteiger partial charge in [-0.2, -0.15) is 0 Å². The van der Waals surface area contributed by atoms with E-state index in [1.54, 1.807) is 0 Å². The molecule has 2 aromatic carbocycles. The summed E-state index contributed by atoms with van der Waals surface area (Å²) < 4.78 is 2.14. The highest BCUT2D eigenvalue weighted by molar-refractivity contribution is 5.94. The SMILES string of the molecule is Cc1nc2ccccc2n1CCNC(=O)c1ccc2c(c1)CNC2. The average Bonchev–Trinajstić information content (AvgIpc) is 3.18. The highest BCUT2D eigenvalue weighted by atomic mass is 16.1. The lowest BCUT2D eigenvalue weighted by atomic mass is 10.1. The molecule has 3 aromatic rings. The minimum absolute atomic E-state index is 0.0215. The quantitative estimate of drug-likeness (QED) is 0.776. The normalized spacial score (nSPS) is 13.2. The average molecular weight is 320 g/mol. The molecule has 0 spiro atoms. The van der Waals surface area contributed by atoms with Crippen molar-refractivity contribution in [2.75, 3.05) is 6.54 Å². The number of benzene rings is 2. The van der Waals surface area contributed by atoms with E-state index in [9.17, 15) is 4.79 Å². The summed E-state index contributed by atoms with van der Waals surface area (Å²) in [5.74, 6) is 0.945. The van der Waals surface area contributed by atoms with Gasteiger partial charge in [0, 0.05) is 31.7 Å². The van der Waals surface area contributed by atoms with Gasteiger partial charge < -0.3 is 15.2 Å². The van der Waals surface area contributed by atoms with Crippen LogP contribution in [0.3, 0.4) is 0 Å². The van der Waals surface area contributed by atoms with E-state index in [-0.39, 0.29) is 5.91 Å². The van der Waals surface area contributed by atoms with E-state index in [1.807, 2.05) is 43.3 Å². The van der Waals surface area contributed by atoms with E-state index in [0.29, 0.717) is 13.1 Å². The van der Waals surface area contributed by atoms with Gasteiger partial charge in [-0.15, -0.1) is 0 Å². The first-order valence-electron chi connectivity index (χ1n) is 8.25. The molecule has 1 aliphatic rings. The zero-order chi connectivity index (χ0) is 16.5. The van der Waals surface area contributed by atoms with Crippen LogP contribution in [0.15, 0.2) is 42.5 Å². The molecule has 0 fully saturated rings. The molecule has 2 N–H and O–H groups in total. The van der Waals surface area contributed by atoms with Crippen LogP contribution in [0.25, 0.3) is 11.0 Å². The van der Waals surface area contributed by atoms with Crippen molar-refractivity contribution in [2.45, 2.75) is 26.6 Å². The van der Waals surface area contributed by atoms with Crippen LogP contribution < -0.4 is 10.6 Å². The van der Waals surface area contributed by atoms with Crippen molar-refractivity contribution < 1.29 is 4.79 Å². The lowest BCUT2D eigenvalue weighted by molar-refractivity contribution is 0.0952. The monoisotopic (exact) mass is 320 g/mol. The second kappa shape index (κ2) is 6.09. The topological polar surface area (TPSA) is 59.0 Å². The smallest absolute Gasteiger partial charge is 0.251 e. The molecule has 5 heteroatoms. The van der Waals surface area contributed by atoms with Gasteiger partial charge in [-0.05, 0) is 42.3 Å². The fraction of sp³-hybridized carbons (Fsp3) is 0.263. The van der Waals surface area contributed by atoms with Crippen LogP contribution in [-0.4, -0.2) is 22.0 Å². The van der Waals surface area contributed by atoms with Crippen LogP contribution in [0.2, 0.25) is 0 Å². The second-order valence-corrected chi connectivity index (χ2v) is 6.14. The third kappa shape index (κ3) is 2.67. The molecule has 122 valence electrons. The standard InChI is InChI=1S/C19H20N4O/c1-13-22-17-4-2-3-5-18(17)23(13)9-8-21-19(24)14-6-7-15-11-20-12-16(15)10-14/h2-7,10,20H,8-9,11-12H2,1H3,(H,21,24). The molecular weight excluding hydrogens is 300 g/mol. The van der Waals surface area contributed by atoms with Gasteiger partial charge in [-0.3, -0.25) is 4.79 Å². The Labute approximate surface area is 140 Å². The van der Waals surface area contributed by atoms with Crippen molar-refractivity contribution in [2.24, 2.45) is 0 Å². The number of nitrogens with zero attached hydrogens (tertiary/aromatic N) is 2. The van der Waals surface area contributed by atoms with Gasteiger partial charge in [-0.1, -0.05) is 18.2 Å². The minimum atomic E-state index is -0.0215. The Morgan fingerprint density at radius 1 is 1.21 bits per heavy atom. The number of para-hydroxylation sites is 2. The number of aromatic nitrogens is 2. The van der Waals surface area contributed by atoms with Crippen molar-refractivity contribution in [3.63, 3.8) is 0 Å². The lowest BCUT2D eigenvalue weighted by Crippen LogP contribution is -2.27.